The largest absolute Gasteiger partial charge is 0.493 e. The Labute approximate surface area is 187 Å². The zero-order valence-electron chi connectivity index (χ0n) is 17.8. The Hall–Kier alpha value is -3.31. The van der Waals surface area contributed by atoms with E-state index < -0.39 is 0 Å². The van der Waals surface area contributed by atoms with Crippen molar-refractivity contribution in [3.05, 3.63) is 94.4 Å². The average molecular weight is 429 g/mol. The van der Waals surface area contributed by atoms with E-state index >= 15 is 0 Å². The summed E-state index contributed by atoms with van der Waals surface area (Å²) in [6, 6.07) is 23.6. The van der Waals surface area contributed by atoms with E-state index in [1.165, 1.54) is 17.3 Å². The molecule has 0 atom stereocenters. The molecule has 0 aliphatic carbocycles. The van der Waals surface area contributed by atoms with Crippen molar-refractivity contribution in [2.45, 2.75) is 20.8 Å². The predicted molar refractivity (Wildman–Crippen MR) is 130 cm³/mol. The number of aryl methyl sites for hydroxylation is 2. The van der Waals surface area contributed by atoms with Crippen LogP contribution < -0.4 is 9.64 Å². The molecule has 156 valence electrons. The van der Waals surface area contributed by atoms with Gasteiger partial charge in [0.05, 0.1) is 22.9 Å². The minimum Gasteiger partial charge on any atom is -0.493 e. The predicted octanol–water partition coefficient (Wildman–Crippen LogP) is 6.51. The lowest BCUT2D eigenvalue weighted by atomic mass is 10.1. The lowest BCUT2D eigenvalue weighted by Crippen LogP contribution is -2.28. The second kappa shape index (κ2) is 9.23. The highest BCUT2D eigenvalue weighted by Crippen LogP contribution is 2.38. The van der Waals surface area contributed by atoms with Crippen LogP contribution in [0.2, 0.25) is 0 Å². The van der Waals surface area contributed by atoms with Gasteiger partial charge < -0.3 is 4.74 Å². The minimum atomic E-state index is -0.0917. The Morgan fingerprint density at radius 2 is 1.58 bits per heavy atom. The van der Waals surface area contributed by atoms with Crippen LogP contribution in [0.4, 0.5) is 11.4 Å². The van der Waals surface area contributed by atoms with E-state index in [4.69, 9.17) is 9.73 Å². The molecule has 0 bridgehead atoms. The Balaban J connectivity index is 1.77. The fourth-order valence-corrected chi connectivity index (χ4v) is 4.22. The number of amides is 1. The second-order valence-electron chi connectivity index (χ2n) is 7.29. The third kappa shape index (κ3) is 4.72. The van der Waals surface area contributed by atoms with E-state index in [0.717, 1.165) is 28.3 Å². The van der Waals surface area contributed by atoms with Crippen LogP contribution in [-0.4, -0.2) is 17.7 Å². The summed E-state index contributed by atoms with van der Waals surface area (Å²) in [6.45, 7) is 6.59. The van der Waals surface area contributed by atoms with Crippen molar-refractivity contribution in [1.29, 1.82) is 0 Å². The van der Waals surface area contributed by atoms with Crippen LogP contribution in [0.5, 0.6) is 5.75 Å². The van der Waals surface area contributed by atoms with Crippen LogP contribution in [0.15, 0.2) is 82.7 Å². The summed E-state index contributed by atoms with van der Waals surface area (Å²) < 4.78 is 5.73. The zero-order chi connectivity index (χ0) is 21.8. The van der Waals surface area contributed by atoms with Gasteiger partial charge in [0.15, 0.2) is 5.17 Å². The van der Waals surface area contributed by atoms with Crippen molar-refractivity contribution in [3.8, 4) is 5.75 Å². The molecule has 0 aromatic heterocycles. The van der Waals surface area contributed by atoms with Crippen molar-refractivity contribution < 1.29 is 9.53 Å². The summed E-state index contributed by atoms with van der Waals surface area (Å²) in [5, 5.41) is 0.637. The molecule has 31 heavy (non-hydrogen) atoms. The fraction of sp³-hybridized carbons (Fsp3) is 0.154. The van der Waals surface area contributed by atoms with Gasteiger partial charge in [-0.2, -0.15) is 0 Å². The van der Waals surface area contributed by atoms with Gasteiger partial charge in [-0.05, 0) is 68.9 Å². The van der Waals surface area contributed by atoms with Crippen molar-refractivity contribution in [2.24, 2.45) is 4.99 Å². The molecule has 1 aliphatic rings. The number of para-hydroxylation sites is 1. The summed E-state index contributed by atoms with van der Waals surface area (Å²) in [5.41, 5.74) is 4.80. The monoisotopic (exact) mass is 428 g/mol. The van der Waals surface area contributed by atoms with Gasteiger partial charge in [-0.3, -0.25) is 9.69 Å². The Bertz CT molecular complexity index is 1150. The number of aliphatic imine (C=N–C) groups is 1. The molecule has 4 rings (SSSR count). The molecule has 1 heterocycles. The maximum absolute atomic E-state index is 13.4. The van der Waals surface area contributed by atoms with Gasteiger partial charge in [0.1, 0.15) is 5.75 Å². The first kappa shape index (κ1) is 20.9. The fourth-order valence-electron chi connectivity index (χ4n) is 3.23. The van der Waals surface area contributed by atoms with Crippen LogP contribution in [0, 0.1) is 13.8 Å². The van der Waals surface area contributed by atoms with Crippen LogP contribution in [0.3, 0.4) is 0 Å². The molecule has 3 aromatic carbocycles. The molecule has 4 nitrogen and oxygen atoms in total. The van der Waals surface area contributed by atoms with Crippen molar-refractivity contribution >= 4 is 40.3 Å². The normalized spacial score (nSPS) is 16.4. The molecule has 0 spiro atoms. The van der Waals surface area contributed by atoms with Crippen LogP contribution >= 0.6 is 11.8 Å². The number of rotatable bonds is 5. The number of ether oxygens (including phenoxy) is 1. The molecule has 0 radical (unpaired) electrons. The van der Waals surface area contributed by atoms with Gasteiger partial charge >= 0.3 is 0 Å². The Morgan fingerprint density at radius 3 is 2.26 bits per heavy atom. The molecule has 1 amide bonds. The van der Waals surface area contributed by atoms with E-state index in [-0.39, 0.29) is 5.91 Å². The third-order valence-electron chi connectivity index (χ3n) is 4.86. The number of carbonyl (C=O) groups excluding carboxylic acids is 1. The van der Waals surface area contributed by atoms with Gasteiger partial charge in [-0.1, -0.05) is 53.6 Å². The minimum absolute atomic E-state index is 0.0917. The summed E-state index contributed by atoms with van der Waals surface area (Å²) >= 11 is 1.38. The van der Waals surface area contributed by atoms with Crippen molar-refractivity contribution in [3.63, 3.8) is 0 Å². The number of thioether (sulfide) groups is 1. The van der Waals surface area contributed by atoms with E-state index in [0.29, 0.717) is 16.7 Å². The standard InChI is InChI=1S/C26H24N2O2S/c1-4-30-23-8-6-5-7-20(23)17-24-25(29)28(22-15-11-19(3)12-16-22)26(31-24)27-21-13-9-18(2)10-14-21/h5-17H,4H2,1-3H3/b24-17+,27-26?. The molecule has 0 unspecified atom stereocenters. The van der Waals surface area contributed by atoms with Gasteiger partial charge in [-0.25, -0.2) is 4.99 Å². The molecular formula is C26H24N2O2S. The summed E-state index contributed by atoms with van der Waals surface area (Å²) in [6.07, 6.45) is 1.89. The average Bonchev–Trinajstić information content (AvgIpc) is 3.07. The first-order valence-corrected chi connectivity index (χ1v) is 11.0. The molecular weight excluding hydrogens is 404 g/mol. The third-order valence-corrected chi connectivity index (χ3v) is 5.83. The molecule has 5 heteroatoms. The van der Waals surface area contributed by atoms with Gasteiger partial charge in [-0.15, -0.1) is 0 Å². The van der Waals surface area contributed by atoms with Crippen LogP contribution in [0.1, 0.15) is 23.6 Å². The molecule has 1 saturated heterocycles. The molecule has 1 aliphatic heterocycles. The smallest absolute Gasteiger partial charge is 0.271 e. The van der Waals surface area contributed by atoms with Crippen LogP contribution in [0.25, 0.3) is 6.08 Å². The maximum atomic E-state index is 13.4. The SMILES string of the molecule is CCOc1ccccc1/C=C1/SC(=Nc2ccc(C)cc2)N(c2ccc(C)cc2)C1=O. The zero-order valence-corrected chi connectivity index (χ0v) is 18.6. The number of amidine groups is 1. The van der Waals surface area contributed by atoms with Crippen molar-refractivity contribution in [1.82, 2.24) is 0 Å². The van der Waals surface area contributed by atoms with Gasteiger partial charge in [0, 0.05) is 5.56 Å². The first-order chi connectivity index (χ1) is 15.0. The van der Waals surface area contributed by atoms with E-state index in [9.17, 15) is 4.79 Å². The number of benzene rings is 3. The quantitative estimate of drug-likeness (QED) is 0.435. The lowest BCUT2D eigenvalue weighted by Gasteiger charge is -2.16. The molecule has 1 fully saturated rings. The topological polar surface area (TPSA) is 41.9 Å². The van der Waals surface area contributed by atoms with Gasteiger partial charge in [0.25, 0.3) is 5.91 Å². The highest BCUT2D eigenvalue weighted by atomic mass is 32.2. The molecule has 3 aromatic rings. The summed E-state index contributed by atoms with van der Waals surface area (Å²) in [5.74, 6) is 0.669. The Kier molecular flexibility index (Phi) is 6.23. The van der Waals surface area contributed by atoms with E-state index in [1.807, 2.05) is 99.6 Å². The number of nitrogens with zero attached hydrogens (tertiary/aromatic N) is 2. The molecule has 0 saturated carbocycles. The number of hydrogen-bond acceptors (Lipinski definition) is 4. The van der Waals surface area contributed by atoms with Crippen LogP contribution in [-0.2, 0) is 4.79 Å². The summed E-state index contributed by atoms with van der Waals surface area (Å²) in [7, 11) is 0. The van der Waals surface area contributed by atoms with Gasteiger partial charge in [0.2, 0.25) is 0 Å². The number of hydrogen-bond donors (Lipinski definition) is 0. The lowest BCUT2D eigenvalue weighted by molar-refractivity contribution is -0.113. The Morgan fingerprint density at radius 1 is 0.935 bits per heavy atom. The molecule has 0 N–H and O–H groups in total. The highest BCUT2D eigenvalue weighted by Gasteiger charge is 2.35. The number of anilines is 1. The van der Waals surface area contributed by atoms with Crippen molar-refractivity contribution in [2.75, 3.05) is 11.5 Å². The number of carbonyl (C=O) groups is 1. The summed E-state index contributed by atoms with van der Waals surface area (Å²) in [4.78, 5) is 20.5. The van der Waals surface area contributed by atoms with E-state index in [2.05, 4.69) is 0 Å². The van der Waals surface area contributed by atoms with E-state index in [1.54, 1.807) is 4.90 Å². The second-order valence-corrected chi connectivity index (χ2v) is 8.30. The maximum Gasteiger partial charge on any atom is 0.271 e. The highest BCUT2D eigenvalue weighted by molar-refractivity contribution is 8.19. The first-order valence-electron chi connectivity index (χ1n) is 10.2.